The Hall–Kier alpha value is -4.48. The van der Waals surface area contributed by atoms with Crippen LogP contribution in [0.25, 0.3) is 0 Å². The number of benzene rings is 3. The summed E-state index contributed by atoms with van der Waals surface area (Å²) in [6.45, 7) is 4.31. The van der Waals surface area contributed by atoms with Gasteiger partial charge >= 0.3 is 12.1 Å². The van der Waals surface area contributed by atoms with E-state index in [4.69, 9.17) is 4.74 Å². The van der Waals surface area contributed by atoms with E-state index in [-0.39, 0.29) is 19.2 Å². The molecule has 0 bridgehead atoms. The van der Waals surface area contributed by atoms with E-state index in [0.717, 1.165) is 11.1 Å². The first kappa shape index (κ1) is 22.3. The fraction of sp³-hybridized carbons (Fsp3) is 0.185. The standard InChI is InChI=1S/C27H23N5O3/c1-18-3-9-21(10-4-18)29-25(33)30-24-27(16-35-17-27)32(23-13-7-20(15-28)8-14-23)26(34)31(24)22-11-5-19(2)6-12-22/h3-14H,16-17H2,1-2H3,(H,29,33). The van der Waals surface area contributed by atoms with E-state index in [9.17, 15) is 14.9 Å². The van der Waals surface area contributed by atoms with Crippen LogP contribution in [0.4, 0.5) is 26.7 Å². The summed E-state index contributed by atoms with van der Waals surface area (Å²) in [5, 5.41) is 12.0. The van der Waals surface area contributed by atoms with E-state index in [1.807, 2.05) is 50.2 Å². The molecule has 2 aliphatic heterocycles. The van der Waals surface area contributed by atoms with E-state index in [0.29, 0.717) is 28.5 Å². The highest BCUT2D eigenvalue weighted by Gasteiger charge is 2.61. The molecule has 8 heteroatoms. The van der Waals surface area contributed by atoms with Crippen molar-refractivity contribution in [3.05, 3.63) is 89.5 Å². The number of rotatable bonds is 3. The molecule has 0 radical (unpaired) electrons. The van der Waals surface area contributed by atoms with Crippen molar-refractivity contribution >= 4 is 35.0 Å². The molecule has 35 heavy (non-hydrogen) atoms. The quantitative estimate of drug-likeness (QED) is 0.587. The predicted molar refractivity (Wildman–Crippen MR) is 134 cm³/mol. The van der Waals surface area contributed by atoms with Gasteiger partial charge in [-0.1, -0.05) is 35.4 Å². The summed E-state index contributed by atoms with van der Waals surface area (Å²) in [6.07, 6.45) is 0. The van der Waals surface area contributed by atoms with E-state index >= 15 is 0 Å². The van der Waals surface area contributed by atoms with Gasteiger partial charge in [0.15, 0.2) is 11.4 Å². The summed E-state index contributed by atoms with van der Waals surface area (Å²) in [5.74, 6) is 0.298. The zero-order valence-corrected chi connectivity index (χ0v) is 19.4. The lowest BCUT2D eigenvalue weighted by molar-refractivity contribution is -0.0152. The van der Waals surface area contributed by atoms with Crippen LogP contribution in [-0.4, -0.2) is 36.7 Å². The van der Waals surface area contributed by atoms with Crippen LogP contribution in [0.5, 0.6) is 0 Å². The van der Waals surface area contributed by atoms with Gasteiger partial charge in [0, 0.05) is 11.4 Å². The number of ether oxygens (including phenoxy) is 1. The number of nitrogens with zero attached hydrogens (tertiary/aromatic N) is 4. The summed E-state index contributed by atoms with van der Waals surface area (Å²) >= 11 is 0. The Morgan fingerprint density at radius 3 is 2.06 bits per heavy atom. The van der Waals surface area contributed by atoms with Crippen molar-refractivity contribution in [1.82, 2.24) is 0 Å². The molecule has 0 aliphatic carbocycles. The number of hydrogen-bond acceptors (Lipinski definition) is 4. The second kappa shape index (κ2) is 8.70. The van der Waals surface area contributed by atoms with Gasteiger partial charge in [-0.3, -0.25) is 4.90 Å². The van der Waals surface area contributed by atoms with E-state index in [2.05, 4.69) is 16.4 Å². The third kappa shape index (κ3) is 3.92. The van der Waals surface area contributed by atoms with Crippen molar-refractivity contribution in [1.29, 1.82) is 5.26 Å². The van der Waals surface area contributed by atoms with E-state index in [1.54, 1.807) is 41.3 Å². The molecule has 0 unspecified atom stereocenters. The molecule has 2 saturated heterocycles. The van der Waals surface area contributed by atoms with Gasteiger partial charge in [-0.05, 0) is 62.4 Å². The van der Waals surface area contributed by atoms with Crippen molar-refractivity contribution in [3.8, 4) is 6.07 Å². The van der Waals surface area contributed by atoms with Gasteiger partial charge < -0.3 is 10.1 Å². The van der Waals surface area contributed by atoms with Gasteiger partial charge in [0.2, 0.25) is 0 Å². The maximum absolute atomic E-state index is 13.9. The van der Waals surface area contributed by atoms with Crippen molar-refractivity contribution in [2.75, 3.05) is 28.3 Å². The third-order valence-corrected chi connectivity index (χ3v) is 6.18. The normalized spacial score (nSPS) is 17.4. The lowest BCUT2D eigenvalue weighted by atomic mass is 9.93. The number of carbonyl (C=O) groups excluding carboxylic acids is 2. The lowest BCUT2D eigenvalue weighted by Crippen LogP contribution is -2.64. The Balaban J connectivity index is 1.59. The van der Waals surface area contributed by atoms with Gasteiger partial charge in [0.1, 0.15) is 0 Å². The van der Waals surface area contributed by atoms with Gasteiger partial charge in [0.25, 0.3) is 0 Å². The van der Waals surface area contributed by atoms with Crippen molar-refractivity contribution < 1.29 is 14.3 Å². The second-order valence-electron chi connectivity index (χ2n) is 8.70. The van der Waals surface area contributed by atoms with Crippen molar-refractivity contribution in [2.24, 2.45) is 4.99 Å². The first-order valence-corrected chi connectivity index (χ1v) is 11.2. The van der Waals surface area contributed by atoms with Crippen LogP contribution in [-0.2, 0) is 4.74 Å². The number of carbonyl (C=O) groups is 2. The van der Waals surface area contributed by atoms with Gasteiger partial charge in [-0.2, -0.15) is 10.3 Å². The zero-order valence-electron chi connectivity index (χ0n) is 19.4. The molecule has 4 amide bonds. The van der Waals surface area contributed by atoms with Crippen LogP contribution in [0.15, 0.2) is 77.8 Å². The number of aliphatic imine (C=N–C) groups is 1. The minimum atomic E-state index is -0.944. The molecule has 2 fully saturated rings. The first-order valence-electron chi connectivity index (χ1n) is 11.2. The average Bonchev–Trinajstić information content (AvgIpc) is 3.09. The molecule has 0 atom stereocenters. The van der Waals surface area contributed by atoms with Crippen LogP contribution >= 0.6 is 0 Å². The topological polar surface area (TPSA) is 98.0 Å². The zero-order chi connectivity index (χ0) is 24.6. The summed E-state index contributed by atoms with van der Waals surface area (Å²) in [7, 11) is 0. The van der Waals surface area contributed by atoms with Crippen molar-refractivity contribution in [3.63, 3.8) is 0 Å². The van der Waals surface area contributed by atoms with Crippen LogP contribution in [0.2, 0.25) is 0 Å². The molecular weight excluding hydrogens is 442 g/mol. The summed E-state index contributed by atoms with van der Waals surface area (Å²) in [6, 6.07) is 22.8. The summed E-state index contributed by atoms with van der Waals surface area (Å²) in [5.41, 5.74) is 3.47. The van der Waals surface area contributed by atoms with Crippen LogP contribution in [0.1, 0.15) is 16.7 Å². The second-order valence-corrected chi connectivity index (χ2v) is 8.70. The van der Waals surface area contributed by atoms with E-state index < -0.39 is 11.6 Å². The number of amidine groups is 1. The highest BCUT2D eigenvalue weighted by Crippen LogP contribution is 2.41. The van der Waals surface area contributed by atoms with Gasteiger partial charge in [-0.15, -0.1) is 0 Å². The van der Waals surface area contributed by atoms with Crippen molar-refractivity contribution in [2.45, 2.75) is 19.4 Å². The molecule has 2 heterocycles. The maximum atomic E-state index is 13.9. The molecule has 0 saturated carbocycles. The van der Waals surface area contributed by atoms with Crippen LogP contribution in [0, 0.1) is 25.2 Å². The molecule has 3 aromatic carbocycles. The smallest absolute Gasteiger partial charge is 0.347 e. The van der Waals surface area contributed by atoms with Gasteiger partial charge in [-0.25, -0.2) is 14.5 Å². The van der Waals surface area contributed by atoms with E-state index in [1.165, 1.54) is 4.90 Å². The number of amides is 4. The molecule has 0 aromatic heterocycles. The Labute approximate surface area is 203 Å². The molecule has 1 spiro atoms. The highest BCUT2D eigenvalue weighted by atomic mass is 16.5. The van der Waals surface area contributed by atoms with Gasteiger partial charge in [0.05, 0.1) is 30.5 Å². The summed E-state index contributed by atoms with van der Waals surface area (Å²) in [4.78, 5) is 34.4. The molecule has 174 valence electrons. The minimum Gasteiger partial charge on any atom is -0.375 e. The largest absolute Gasteiger partial charge is 0.375 e. The Kier molecular flexibility index (Phi) is 5.55. The third-order valence-electron chi connectivity index (χ3n) is 6.18. The maximum Gasteiger partial charge on any atom is 0.347 e. The summed E-state index contributed by atoms with van der Waals surface area (Å²) < 4.78 is 5.57. The highest BCUT2D eigenvalue weighted by molar-refractivity contribution is 6.34. The Morgan fingerprint density at radius 2 is 1.51 bits per heavy atom. The molecule has 3 aromatic rings. The van der Waals surface area contributed by atoms with Crippen LogP contribution < -0.4 is 15.1 Å². The fourth-order valence-corrected chi connectivity index (χ4v) is 4.24. The SMILES string of the molecule is Cc1ccc(NC(=O)N=C2N(c3ccc(C)cc3)C(=O)N(c3ccc(C#N)cc3)C23COC3)cc1. The number of nitrogens with one attached hydrogen (secondary N) is 1. The Bertz CT molecular complexity index is 1350. The Morgan fingerprint density at radius 1 is 0.943 bits per heavy atom. The number of nitriles is 1. The number of hydrogen-bond donors (Lipinski definition) is 1. The lowest BCUT2D eigenvalue weighted by Gasteiger charge is -2.43. The van der Waals surface area contributed by atoms with Crippen LogP contribution in [0.3, 0.4) is 0 Å². The molecule has 5 rings (SSSR count). The molecular formula is C27H23N5O3. The number of urea groups is 2. The predicted octanol–water partition coefficient (Wildman–Crippen LogP) is 5.02. The number of aryl methyl sites for hydroxylation is 2. The molecule has 2 aliphatic rings. The first-order chi connectivity index (χ1) is 16.9. The monoisotopic (exact) mass is 465 g/mol. The fourth-order valence-electron chi connectivity index (χ4n) is 4.24. The molecule has 1 N–H and O–H groups in total. The molecule has 8 nitrogen and oxygen atoms in total. The number of anilines is 3. The average molecular weight is 466 g/mol. The minimum absolute atomic E-state index is 0.192.